The number of methoxy groups -OCH3 is 1. The molecule has 0 radical (unpaired) electrons. The average Bonchev–Trinajstić information content (AvgIpc) is 2.64. The predicted molar refractivity (Wildman–Crippen MR) is 110 cm³/mol. The van der Waals surface area contributed by atoms with E-state index in [1.165, 1.54) is 12.3 Å². The summed E-state index contributed by atoms with van der Waals surface area (Å²) in [7, 11) is 1.55. The van der Waals surface area contributed by atoms with Gasteiger partial charge in [0.25, 0.3) is 5.91 Å². The Morgan fingerprint density at radius 1 is 1.22 bits per heavy atom. The maximum absolute atomic E-state index is 11.9. The topological polar surface area (TPSA) is 69.2 Å². The number of benzene rings is 2. The van der Waals surface area contributed by atoms with Crippen molar-refractivity contribution >= 4 is 51.3 Å². The van der Waals surface area contributed by atoms with E-state index in [-0.39, 0.29) is 6.61 Å². The van der Waals surface area contributed by atoms with Gasteiger partial charge < -0.3 is 14.2 Å². The van der Waals surface area contributed by atoms with E-state index in [1.807, 2.05) is 6.92 Å². The molecular weight excluding hydrogens is 459 g/mol. The summed E-state index contributed by atoms with van der Waals surface area (Å²) in [6.45, 7) is 2.14. The highest BCUT2D eigenvalue weighted by Crippen LogP contribution is 2.36. The molecule has 0 saturated heterocycles. The number of nitrogens with one attached hydrogen (secondary N) is 1. The first kappa shape index (κ1) is 21.3. The third-order valence-electron chi connectivity index (χ3n) is 3.20. The van der Waals surface area contributed by atoms with E-state index in [9.17, 15) is 4.79 Å². The van der Waals surface area contributed by atoms with Crippen LogP contribution in [-0.4, -0.2) is 32.4 Å². The zero-order chi connectivity index (χ0) is 19.8. The van der Waals surface area contributed by atoms with Gasteiger partial charge in [-0.05, 0) is 52.7 Å². The minimum Gasteiger partial charge on any atom is -0.493 e. The van der Waals surface area contributed by atoms with Crippen LogP contribution in [0.1, 0.15) is 12.5 Å². The first-order valence-corrected chi connectivity index (χ1v) is 9.39. The number of hydrazone groups is 1. The molecule has 2 rings (SSSR count). The molecule has 2 aromatic rings. The standard InChI is InChI=1S/C18H17BrCl2N2O4/c1-3-26-18-13(19)6-11(7-16(18)25-2)9-22-23-17(24)10-27-15-8-12(20)4-5-14(15)21/h4-9H,3,10H2,1-2H3,(H,23,24)/b22-9+. The fraction of sp³-hybridized carbons (Fsp3) is 0.222. The van der Waals surface area contributed by atoms with Crippen LogP contribution in [0, 0.1) is 0 Å². The number of hydrogen-bond donors (Lipinski definition) is 1. The Balaban J connectivity index is 1.95. The van der Waals surface area contributed by atoms with Crippen molar-refractivity contribution in [1.82, 2.24) is 5.43 Å². The van der Waals surface area contributed by atoms with E-state index in [2.05, 4.69) is 26.5 Å². The molecule has 0 aliphatic carbocycles. The third-order valence-corrected chi connectivity index (χ3v) is 4.33. The van der Waals surface area contributed by atoms with Crippen LogP contribution in [0.15, 0.2) is 39.9 Å². The molecule has 0 saturated carbocycles. The molecule has 1 amide bonds. The SMILES string of the molecule is CCOc1c(Br)cc(/C=N/NC(=O)COc2cc(Cl)ccc2Cl)cc1OC. The normalized spacial score (nSPS) is 10.7. The lowest BCUT2D eigenvalue weighted by Crippen LogP contribution is -2.24. The van der Waals surface area contributed by atoms with Crippen molar-refractivity contribution in [2.24, 2.45) is 5.10 Å². The molecule has 0 spiro atoms. The van der Waals surface area contributed by atoms with E-state index in [0.29, 0.717) is 39.5 Å². The number of ether oxygens (including phenoxy) is 3. The summed E-state index contributed by atoms with van der Waals surface area (Å²) < 4.78 is 16.9. The Hall–Kier alpha value is -1.96. The highest BCUT2D eigenvalue weighted by Gasteiger charge is 2.11. The summed E-state index contributed by atoms with van der Waals surface area (Å²) in [5, 5.41) is 4.73. The van der Waals surface area contributed by atoms with E-state index < -0.39 is 5.91 Å². The zero-order valence-electron chi connectivity index (χ0n) is 14.6. The van der Waals surface area contributed by atoms with E-state index >= 15 is 0 Å². The minimum absolute atomic E-state index is 0.256. The molecule has 6 nitrogen and oxygen atoms in total. The molecule has 0 unspecified atom stereocenters. The van der Waals surface area contributed by atoms with Crippen molar-refractivity contribution in [2.45, 2.75) is 6.92 Å². The van der Waals surface area contributed by atoms with Gasteiger partial charge in [-0.2, -0.15) is 5.10 Å². The number of hydrogen-bond acceptors (Lipinski definition) is 5. The molecule has 0 aliphatic rings. The lowest BCUT2D eigenvalue weighted by atomic mass is 10.2. The van der Waals surface area contributed by atoms with E-state index in [0.717, 1.165) is 4.47 Å². The Labute approximate surface area is 175 Å². The first-order chi connectivity index (χ1) is 12.9. The second-order valence-corrected chi connectivity index (χ2v) is 6.82. The van der Waals surface area contributed by atoms with Gasteiger partial charge in [-0.25, -0.2) is 5.43 Å². The lowest BCUT2D eigenvalue weighted by molar-refractivity contribution is -0.123. The molecule has 0 aromatic heterocycles. The summed E-state index contributed by atoms with van der Waals surface area (Å²) in [6, 6.07) is 8.29. The number of halogens is 3. The first-order valence-electron chi connectivity index (χ1n) is 7.84. The van der Waals surface area contributed by atoms with Gasteiger partial charge >= 0.3 is 0 Å². The molecule has 0 heterocycles. The Bertz CT molecular complexity index is 846. The summed E-state index contributed by atoms with van der Waals surface area (Å²) in [6.07, 6.45) is 1.48. The predicted octanol–water partition coefficient (Wildman–Crippen LogP) is 4.69. The minimum atomic E-state index is -0.445. The molecule has 0 fully saturated rings. The van der Waals surface area contributed by atoms with Crippen LogP contribution in [0.3, 0.4) is 0 Å². The van der Waals surface area contributed by atoms with Gasteiger partial charge in [-0.1, -0.05) is 23.2 Å². The molecule has 1 N–H and O–H groups in total. The van der Waals surface area contributed by atoms with Crippen LogP contribution in [0.25, 0.3) is 0 Å². The Morgan fingerprint density at radius 3 is 2.70 bits per heavy atom. The highest BCUT2D eigenvalue weighted by atomic mass is 79.9. The number of rotatable bonds is 8. The van der Waals surface area contributed by atoms with Crippen molar-refractivity contribution in [1.29, 1.82) is 0 Å². The van der Waals surface area contributed by atoms with Crippen molar-refractivity contribution < 1.29 is 19.0 Å². The quantitative estimate of drug-likeness (QED) is 0.444. The van der Waals surface area contributed by atoms with Gasteiger partial charge in [0.1, 0.15) is 5.75 Å². The molecule has 9 heteroatoms. The van der Waals surface area contributed by atoms with Crippen LogP contribution in [0.2, 0.25) is 10.0 Å². The van der Waals surface area contributed by atoms with Gasteiger partial charge in [0, 0.05) is 11.1 Å². The molecular formula is C18H17BrCl2N2O4. The second-order valence-electron chi connectivity index (χ2n) is 5.12. The molecule has 2 aromatic carbocycles. The largest absolute Gasteiger partial charge is 0.493 e. The summed E-state index contributed by atoms with van der Waals surface area (Å²) in [5.74, 6) is 1.04. The van der Waals surface area contributed by atoms with Gasteiger partial charge in [-0.3, -0.25) is 4.79 Å². The van der Waals surface area contributed by atoms with Crippen molar-refractivity contribution in [3.63, 3.8) is 0 Å². The van der Waals surface area contributed by atoms with E-state index in [4.69, 9.17) is 37.4 Å². The Kier molecular flexibility index (Phi) is 8.22. The second kappa shape index (κ2) is 10.4. The van der Waals surface area contributed by atoms with Crippen LogP contribution >= 0.6 is 39.1 Å². The maximum Gasteiger partial charge on any atom is 0.277 e. The number of nitrogens with zero attached hydrogens (tertiary/aromatic N) is 1. The average molecular weight is 476 g/mol. The van der Waals surface area contributed by atoms with Gasteiger partial charge in [-0.15, -0.1) is 0 Å². The molecule has 0 atom stereocenters. The molecule has 0 aliphatic heterocycles. The molecule has 144 valence electrons. The van der Waals surface area contributed by atoms with Gasteiger partial charge in [0.15, 0.2) is 18.1 Å². The van der Waals surface area contributed by atoms with Crippen LogP contribution in [0.4, 0.5) is 0 Å². The van der Waals surface area contributed by atoms with Crippen molar-refractivity contribution in [2.75, 3.05) is 20.3 Å². The van der Waals surface area contributed by atoms with Gasteiger partial charge in [0.05, 0.1) is 29.4 Å². The summed E-state index contributed by atoms with van der Waals surface area (Å²) in [5.41, 5.74) is 3.08. The molecule has 0 bridgehead atoms. The van der Waals surface area contributed by atoms with E-state index in [1.54, 1.807) is 31.4 Å². The Morgan fingerprint density at radius 2 is 2.00 bits per heavy atom. The third kappa shape index (κ3) is 6.30. The van der Waals surface area contributed by atoms with Crippen LogP contribution < -0.4 is 19.6 Å². The number of carbonyl (C=O) groups excluding carboxylic acids is 1. The summed E-state index contributed by atoms with van der Waals surface area (Å²) in [4.78, 5) is 11.9. The molecule has 27 heavy (non-hydrogen) atoms. The lowest BCUT2D eigenvalue weighted by Gasteiger charge is -2.12. The zero-order valence-corrected chi connectivity index (χ0v) is 17.7. The van der Waals surface area contributed by atoms with Crippen molar-refractivity contribution in [3.8, 4) is 17.2 Å². The van der Waals surface area contributed by atoms with Crippen LogP contribution in [-0.2, 0) is 4.79 Å². The fourth-order valence-electron chi connectivity index (χ4n) is 2.04. The summed E-state index contributed by atoms with van der Waals surface area (Å²) >= 11 is 15.3. The van der Waals surface area contributed by atoms with Crippen molar-refractivity contribution in [3.05, 3.63) is 50.4 Å². The van der Waals surface area contributed by atoms with Crippen LogP contribution in [0.5, 0.6) is 17.2 Å². The smallest absolute Gasteiger partial charge is 0.277 e. The monoisotopic (exact) mass is 474 g/mol. The fourth-order valence-corrected chi connectivity index (χ4v) is 2.95. The highest BCUT2D eigenvalue weighted by molar-refractivity contribution is 9.10. The number of amides is 1. The maximum atomic E-state index is 11.9. The van der Waals surface area contributed by atoms with Gasteiger partial charge in [0.2, 0.25) is 0 Å². The number of carbonyl (C=O) groups is 1.